The van der Waals surface area contributed by atoms with E-state index >= 15 is 0 Å². The summed E-state index contributed by atoms with van der Waals surface area (Å²) in [6.45, 7) is 6.27. The second-order valence-corrected chi connectivity index (χ2v) is 5.28. The number of aryl methyl sites for hydroxylation is 3. The van der Waals surface area contributed by atoms with E-state index in [1.807, 2.05) is 23.7 Å². The SMILES string of the molecule is CCCCc1cc(C(=O)O)nn1-c1c(C)cccc1CC. The van der Waals surface area contributed by atoms with Crippen molar-refractivity contribution < 1.29 is 9.90 Å². The Balaban J connectivity index is 2.59. The Morgan fingerprint density at radius 2 is 2.10 bits per heavy atom. The molecule has 0 spiro atoms. The largest absolute Gasteiger partial charge is 0.476 e. The lowest BCUT2D eigenvalue weighted by Gasteiger charge is -2.14. The van der Waals surface area contributed by atoms with Crippen molar-refractivity contribution in [3.63, 3.8) is 0 Å². The van der Waals surface area contributed by atoms with E-state index in [0.29, 0.717) is 0 Å². The number of unbranched alkanes of at least 4 members (excludes halogenated alkanes) is 1. The lowest BCUT2D eigenvalue weighted by Crippen LogP contribution is -2.08. The second-order valence-electron chi connectivity index (χ2n) is 5.28. The molecular weight excluding hydrogens is 264 g/mol. The van der Waals surface area contributed by atoms with Crippen LogP contribution >= 0.6 is 0 Å². The van der Waals surface area contributed by atoms with Crippen LogP contribution in [0.2, 0.25) is 0 Å². The maximum atomic E-state index is 11.2. The molecule has 0 aliphatic rings. The van der Waals surface area contributed by atoms with Gasteiger partial charge in [-0.2, -0.15) is 5.10 Å². The fourth-order valence-corrected chi connectivity index (χ4v) is 2.56. The van der Waals surface area contributed by atoms with Crippen LogP contribution in [-0.2, 0) is 12.8 Å². The Hall–Kier alpha value is -2.10. The van der Waals surface area contributed by atoms with Gasteiger partial charge >= 0.3 is 5.97 Å². The van der Waals surface area contributed by atoms with Crippen LogP contribution in [0.15, 0.2) is 24.3 Å². The van der Waals surface area contributed by atoms with Gasteiger partial charge in [-0.25, -0.2) is 9.48 Å². The quantitative estimate of drug-likeness (QED) is 0.879. The summed E-state index contributed by atoms with van der Waals surface area (Å²) in [5.74, 6) is -0.974. The summed E-state index contributed by atoms with van der Waals surface area (Å²) in [5, 5.41) is 13.5. The molecule has 0 radical (unpaired) electrons. The summed E-state index contributed by atoms with van der Waals surface area (Å²) in [6, 6.07) is 7.85. The van der Waals surface area contributed by atoms with Crippen molar-refractivity contribution in [2.24, 2.45) is 0 Å². The van der Waals surface area contributed by atoms with Gasteiger partial charge in [0, 0.05) is 5.69 Å². The number of carbonyl (C=O) groups is 1. The van der Waals surface area contributed by atoms with Crippen molar-refractivity contribution in [2.75, 3.05) is 0 Å². The monoisotopic (exact) mass is 286 g/mol. The van der Waals surface area contributed by atoms with Crippen molar-refractivity contribution in [1.29, 1.82) is 0 Å². The number of benzene rings is 1. The molecule has 21 heavy (non-hydrogen) atoms. The van der Waals surface area contributed by atoms with Gasteiger partial charge in [0.1, 0.15) is 0 Å². The molecule has 1 aromatic heterocycles. The van der Waals surface area contributed by atoms with Crippen LogP contribution in [0.1, 0.15) is 54.0 Å². The Morgan fingerprint density at radius 3 is 2.71 bits per heavy atom. The zero-order chi connectivity index (χ0) is 15.4. The predicted octanol–water partition coefficient (Wildman–Crippen LogP) is 3.78. The lowest BCUT2D eigenvalue weighted by atomic mass is 10.1. The standard InChI is InChI=1S/C17H22N2O2/c1-4-6-10-14-11-15(17(20)21)18-19(14)16-12(3)8-7-9-13(16)5-2/h7-9,11H,4-6,10H2,1-3H3,(H,20,21). The van der Waals surface area contributed by atoms with Gasteiger partial charge in [0.25, 0.3) is 0 Å². The normalized spacial score (nSPS) is 10.8. The van der Waals surface area contributed by atoms with Crippen molar-refractivity contribution in [1.82, 2.24) is 9.78 Å². The summed E-state index contributed by atoms with van der Waals surface area (Å²) in [6.07, 6.45) is 3.83. The highest BCUT2D eigenvalue weighted by molar-refractivity contribution is 5.85. The Labute approximate surface area is 125 Å². The summed E-state index contributed by atoms with van der Waals surface area (Å²) in [7, 11) is 0. The Kier molecular flexibility index (Phi) is 4.78. The first-order valence-corrected chi connectivity index (χ1v) is 7.49. The first-order valence-electron chi connectivity index (χ1n) is 7.49. The van der Waals surface area contributed by atoms with Crippen molar-refractivity contribution in [2.45, 2.75) is 46.5 Å². The number of aromatic nitrogens is 2. The van der Waals surface area contributed by atoms with E-state index in [-0.39, 0.29) is 5.69 Å². The third-order valence-corrected chi connectivity index (χ3v) is 3.70. The minimum absolute atomic E-state index is 0.117. The lowest BCUT2D eigenvalue weighted by molar-refractivity contribution is 0.0690. The topological polar surface area (TPSA) is 55.1 Å². The van der Waals surface area contributed by atoms with Crippen molar-refractivity contribution >= 4 is 5.97 Å². The average Bonchev–Trinajstić information content (AvgIpc) is 2.88. The molecule has 0 saturated carbocycles. The molecule has 4 nitrogen and oxygen atoms in total. The third kappa shape index (κ3) is 3.15. The summed E-state index contributed by atoms with van der Waals surface area (Å²) in [5.41, 5.74) is 4.42. The van der Waals surface area contributed by atoms with Crippen molar-refractivity contribution in [3.8, 4) is 5.69 Å². The molecule has 0 bridgehead atoms. The van der Waals surface area contributed by atoms with E-state index in [1.54, 1.807) is 6.07 Å². The van der Waals surface area contributed by atoms with Crippen molar-refractivity contribution in [3.05, 3.63) is 46.8 Å². The molecule has 0 fully saturated rings. The van der Waals surface area contributed by atoms with E-state index in [4.69, 9.17) is 0 Å². The van der Waals surface area contributed by atoms with E-state index < -0.39 is 5.97 Å². The van der Waals surface area contributed by atoms with Crippen LogP contribution in [0.4, 0.5) is 0 Å². The van der Waals surface area contributed by atoms with Crippen LogP contribution in [0.5, 0.6) is 0 Å². The van der Waals surface area contributed by atoms with E-state index in [9.17, 15) is 9.90 Å². The van der Waals surface area contributed by atoms with Gasteiger partial charge in [0.15, 0.2) is 5.69 Å². The molecule has 0 saturated heterocycles. The summed E-state index contributed by atoms with van der Waals surface area (Å²) < 4.78 is 1.83. The van der Waals surface area contributed by atoms with Gasteiger partial charge in [-0.15, -0.1) is 0 Å². The highest BCUT2D eigenvalue weighted by Crippen LogP contribution is 2.23. The molecule has 0 amide bonds. The van der Waals surface area contributed by atoms with Crippen LogP contribution in [0.3, 0.4) is 0 Å². The number of nitrogens with zero attached hydrogens (tertiary/aromatic N) is 2. The molecule has 2 rings (SSSR count). The molecule has 0 atom stereocenters. The molecule has 1 aromatic carbocycles. The summed E-state index contributed by atoms with van der Waals surface area (Å²) in [4.78, 5) is 11.2. The molecular formula is C17H22N2O2. The third-order valence-electron chi connectivity index (χ3n) is 3.70. The molecule has 1 N–H and O–H groups in total. The minimum atomic E-state index is -0.974. The molecule has 0 aliphatic heterocycles. The fraction of sp³-hybridized carbons (Fsp3) is 0.412. The Morgan fingerprint density at radius 1 is 1.33 bits per heavy atom. The van der Waals surface area contributed by atoms with Crippen LogP contribution in [-0.4, -0.2) is 20.9 Å². The van der Waals surface area contributed by atoms with Gasteiger partial charge in [-0.1, -0.05) is 38.5 Å². The molecule has 0 aliphatic carbocycles. The minimum Gasteiger partial charge on any atom is -0.476 e. The fourth-order valence-electron chi connectivity index (χ4n) is 2.56. The first kappa shape index (κ1) is 15.3. The van der Waals surface area contributed by atoms with Crippen LogP contribution in [0.25, 0.3) is 5.69 Å². The number of hydrogen-bond acceptors (Lipinski definition) is 2. The zero-order valence-corrected chi connectivity index (χ0v) is 12.9. The Bertz CT molecular complexity index is 644. The van der Waals surface area contributed by atoms with Gasteiger partial charge in [-0.05, 0) is 43.4 Å². The molecule has 4 heteroatoms. The highest BCUT2D eigenvalue weighted by atomic mass is 16.4. The first-order chi connectivity index (χ1) is 10.1. The van der Waals surface area contributed by atoms with Gasteiger partial charge in [0.2, 0.25) is 0 Å². The number of carboxylic acid groups (broad SMARTS) is 1. The summed E-state index contributed by atoms with van der Waals surface area (Å²) >= 11 is 0. The number of carboxylic acids is 1. The maximum absolute atomic E-state index is 11.2. The smallest absolute Gasteiger partial charge is 0.356 e. The van der Waals surface area contributed by atoms with E-state index in [1.165, 1.54) is 5.56 Å². The van der Waals surface area contributed by atoms with Gasteiger partial charge in [-0.3, -0.25) is 0 Å². The zero-order valence-electron chi connectivity index (χ0n) is 12.9. The van der Waals surface area contributed by atoms with E-state index in [2.05, 4.69) is 25.0 Å². The number of aromatic carboxylic acids is 1. The highest BCUT2D eigenvalue weighted by Gasteiger charge is 2.17. The van der Waals surface area contributed by atoms with Gasteiger partial charge in [0.05, 0.1) is 5.69 Å². The molecule has 112 valence electrons. The number of hydrogen-bond donors (Lipinski definition) is 1. The van der Waals surface area contributed by atoms with E-state index in [0.717, 1.165) is 42.6 Å². The second kappa shape index (κ2) is 6.57. The molecule has 2 aromatic rings. The van der Waals surface area contributed by atoms with Crippen LogP contribution < -0.4 is 0 Å². The number of rotatable bonds is 6. The van der Waals surface area contributed by atoms with Crippen LogP contribution in [0, 0.1) is 6.92 Å². The van der Waals surface area contributed by atoms with Gasteiger partial charge < -0.3 is 5.11 Å². The average molecular weight is 286 g/mol. The number of para-hydroxylation sites is 1. The predicted molar refractivity (Wildman–Crippen MR) is 83.3 cm³/mol. The molecule has 1 heterocycles. The maximum Gasteiger partial charge on any atom is 0.356 e. The molecule has 0 unspecified atom stereocenters.